The number of nitrogens with two attached hydrogens (primary N) is 1. The van der Waals surface area contributed by atoms with Crippen molar-refractivity contribution in [1.29, 1.82) is 0 Å². The average Bonchev–Trinajstić information content (AvgIpc) is 3.22. The fourth-order valence-electron chi connectivity index (χ4n) is 1.11. The van der Waals surface area contributed by atoms with E-state index in [2.05, 4.69) is 18.5 Å². The number of hydrogen-bond donors (Lipinski definition) is 2. The lowest BCUT2D eigenvalue weighted by Gasteiger charge is -1.96. The minimum absolute atomic E-state index is 0. The third kappa shape index (κ3) is 12.2. The topological polar surface area (TPSA) is 72.2 Å². The highest BCUT2D eigenvalue weighted by Gasteiger charge is 2.06. The monoisotopic (exact) mass is 454 g/mol. The van der Waals surface area contributed by atoms with E-state index in [1.807, 2.05) is 0 Å². The van der Waals surface area contributed by atoms with Gasteiger partial charge in [-0.3, -0.25) is 9.59 Å². The summed E-state index contributed by atoms with van der Waals surface area (Å²) >= 11 is 18.7. The van der Waals surface area contributed by atoms with E-state index in [9.17, 15) is 9.59 Å². The molecule has 2 aromatic rings. The molecule has 4 nitrogen and oxygen atoms in total. The van der Waals surface area contributed by atoms with Crippen LogP contribution in [0.5, 0.6) is 0 Å². The molecule has 9 heteroatoms. The molecule has 0 radical (unpaired) electrons. The van der Waals surface area contributed by atoms with Crippen LogP contribution in [0.15, 0.2) is 49.6 Å². The number of amides is 1. The first kappa shape index (κ1) is 27.1. The van der Waals surface area contributed by atoms with Gasteiger partial charge in [-0.2, -0.15) is 0 Å². The van der Waals surface area contributed by atoms with Gasteiger partial charge in [0.2, 0.25) is 0 Å². The predicted octanol–water partition coefficient (Wildman–Crippen LogP) is 5.87. The minimum atomic E-state index is -0.452. The number of carbonyl (C=O) groups excluding carboxylic acids is 2. The van der Waals surface area contributed by atoms with Crippen LogP contribution >= 0.6 is 57.5 Å². The van der Waals surface area contributed by atoms with Gasteiger partial charge in [-0.05, 0) is 35.9 Å². The molecule has 0 saturated heterocycles. The van der Waals surface area contributed by atoms with Crippen LogP contribution in [0.25, 0.3) is 0 Å². The molecule has 2 aromatic heterocycles. The lowest BCUT2D eigenvalue weighted by molar-refractivity contribution is 0.0961. The number of rotatable bonds is 5. The third-order valence-corrected chi connectivity index (χ3v) is 4.91. The van der Waals surface area contributed by atoms with Gasteiger partial charge in [-0.1, -0.05) is 42.8 Å². The van der Waals surface area contributed by atoms with Crippen molar-refractivity contribution in [3.8, 4) is 0 Å². The summed E-state index contributed by atoms with van der Waals surface area (Å²) in [5.74, 6) is -0.105. The van der Waals surface area contributed by atoms with Crippen molar-refractivity contribution in [2.24, 2.45) is 5.73 Å². The fourth-order valence-corrected chi connectivity index (χ4v) is 3.12. The highest BCUT2D eigenvalue weighted by molar-refractivity contribution is 7.19. The maximum absolute atomic E-state index is 11.2. The van der Waals surface area contributed by atoms with Gasteiger partial charge < -0.3 is 11.1 Å². The van der Waals surface area contributed by atoms with E-state index in [-0.39, 0.29) is 13.3 Å². The molecule has 0 atom stereocenters. The summed E-state index contributed by atoms with van der Waals surface area (Å²) in [5.41, 5.74) is 4.91. The Hall–Kier alpha value is -1.15. The summed E-state index contributed by atoms with van der Waals surface area (Å²) in [6.45, 7) is 7.91. The highest BCUT2D eigenvalue weighted by Crippen LogP contribution is 2.22. The quantitative estimate of drug-likeness (QED) is 0.438. The molecule has 0 aromatic carbocycles. The summed E-state index contributed by atoms with van der Waals surface area (Å²) < 4.78 is 1.21. The molecule has 0 saturated carbocycles. The van der Waals surface area contributed by atoms with E-state index in [1.54, 1.807) is 36.4 Å². The van der Waals surface area contributed by atoms with Crippen LogP contribution in [0.4, 0.5) is 0 Å². The number of halogens is 3. The molecule has 0 aliphatic heterocycles. The van der Waals surface area contributed by atoms with E-state index in [0.29, 0.717) is 31.5 Å². The van der Waals surface area contributed by atoms with Crippen LogP contribution in [0, 0.1) is 0 Å². The Balaban J connectivity index is 0. The minimum Gasteiger partial charge on any atom is -0.348 e. The van der Waals surface area contributed by atoms with E-state index in [0.717, 1.165) is 0 Å². The molecular formula is C17H21Cl3N2O2S2. The number of nitrogens with one attached hydrogen (secondary N) is 1. The molecule has 26 heavy (non-hydrogen) atoms. The second-order valence-electron chi connectivity index (χ2n) is 4.00. The number of carbonyl (C=O) groups is 2. The van der Waals surface area contributed by atoms with Gasteiger partial charge in [0.25, 0.3) is 11.1 Å². The molecule has 0 bridgehead atoms. The molecule has 0 spiro atoms. The number of thiophene rings is 2. The van der Waals surface area contributed by atoms with E-state index in [1.165, 1.54) is 22.7 Å². The maximum atomic E-state index is 11.2. The van der Waals surface area contributed by atoms with Crippen LogP contribution in [0.2, 0.25) is 8.67 Å². The van der Waals surface area contributed by atoms with E-state index in [4.69, 9.17) is 40.5 Å². The molecule has 0 unspecified atom stereocenters. The molecular weight excluding hydrogens is 435 g/mol. The van der Waals surface area contributed by atoms with Gasteiger partial charge in [0.15, 0.2) is 0 Å². The molecule has 1 amide bonds. The normalized spacial score (nSPS) is 8.62. The maximum Gasteiger partial charge on any atom is 0.262 e. The Kier molecular flexibility index (Phi) is 16.7. The smallest absolute Gasteiger partial charge is 0.262 e. The van der Waals surface area contributed by atoms with Crippen molar-refractivity contribution in [3.05, 3.63) is 68.0 Å². The van der Waals surface area contributed by atoms with E-state index >= 15 is 0 Å². The summed E-state index contributed by atoms with van der Waals surface area (Å²) in [6.07, 6.45) is 3.28. The molecule has 2 rings (SSSR count). The van der Waals surface area contributed by atoms with Gasteiger partial charge in [0.05, 0.1) is 18.4 Å². The average molecular weight is 456 g/mol. The Labute approximate surface area is 177 Å². The first-order chi connectivity index (χ1) is 11.8. The fraction of sp³-hybridized carbons (Fsp3) is 0.176. The SMILES string of the molecule is C.C=CCN.C=CCNC(=O)c1ccc(Cl)s1.O=C(Cl)c1ccc(Cl)s1. The zero-order chi connectivity index (χ0) is 19.2. The van der Waals surface area contributed by atoms with Crippen LogP contribution in [0.1, 0.15) is 26.8 Å². The molecule has 2 heterocycles. The first-order valence-corrected chi connectivity index (χ1v) is 9.52. The zero-order valence-electron chi connectivity index (χ0n) is 13.1. The van der Waals surface area contributed by atoms with Gasteiger partial charge in [-0.15, -0.1) is 35.8 Å². The summed E-state index contributed by atoms with van der Waals surface area (Å²) in [4.78, 5) is 22.7. The first-order valence-electron chi connectivity index (χ1n) is 6.76. The van der Waals surface area contributed by atoms with Gasteiger partial charge in [-0.25, -0.2) is 0 Å². The van der Waals surface area contributed by atoms with Crippen molar-refractivity contribution in [2.75, 3.05) is 13.1 Å². The van der Waals surface area contributed by atoms with E-state index < -0.39 is 5.24 Å². The lowest BCUT2D eigenvalue weighted by Crippen LogP contribution is -2.21. The third-order valence-electron chi connectivity index (χ3n) is 2.14. The van der Waals surface area contributed by atoms with Crippen molar-refractivity contribution in [1.82, 2.24) is 5.32 Å². The summed E-state index contributed by atoms with van der Waals surface area (Å²) in [6, 6.07) is 6.64. The van der Waals surface area contributed by atoms with Gasteiger partial charge in [0.1, 0.15) is 0 Å². The summed E-state index contributed by atoms with van der Waals surface area (Å²) in [5, 5.41) is 2.20. The molecule has 0 aliphatic rings. The van der Waals surface area contributed by atoms with Crippen molar-refractivity contribution in [2.45, 2.75) is 7.43 Å². The van der Waals surface area contributed by atoms with Crippen LogP contribution in [-0.2, 0) is 0 Å². The van der Waals surface area contributed by atoms with Crippen LogP contribution < -0.4 is 11.1 Å². The predicted molar refractivity (Wildman–Crippen MR) is 117 cm³/mol. The second-order valence-corrected chi connectivity index (χ2v) is 7.78. The van der Waals surface area contributed by atoms with Crippen LogP contribution in [-0.4, -0.2) is 24.2 Å². The Bertz CT molecular complexity index is 700. The van der Waals surface area contributed by atoms with Crippen molar-refractivity contribution < 1.29 is 9.59 Å². The largest absolute Gasteiger partial charge is 0.348 e. The second kappa shape index (κ2) is 16.1. The standard InChI is InChI=1S/C8H8ClNOS.C5H2Cl2OS.C3H7N.CH4/c1-2-5-10-8(11)6-3-4-7(9)12-6;6-4-2-1-3(9-4)5(7)8;1-2-3-4;/h2-4H,1,5H2,(H,10,11);1-2H;2H,1,3-4H2;1H4. The van der Waals surface area contributed by atoms with Crippen LogP contribution in [0.3, 0.4) is 0 Å². The van der Waals surface area contributed by atoms with Gasteiger partial charge in [0, 0.05) is 13.1 Å². The van der Waals surface area contributed by atoms with Crippen molar-refractivity contribution in [3.63, 3.8) is 0 Å². The van der Waals surface area contributed by atoms with Crippen molar-refractivity contribution >= 4 is 68.6 Å². The Morgan fingerprint density at radius 2 is 1.50 bits per heavy atom. The van der Waals surface area contributed by atoms with Gasteiger partial charge >= 0.3 is 0 Å². The zero-order valence-corrected chi connectivity index (χ0v) is 17.0. The Morgan fingerprint density at radius 3 is 1.77 bits per heavy atom. The molecule has 3 N–H and O–H groups in total. The highest BCUT2D eigenvalue weighted by atomic mass is 35.5. The summed E-state index contributed by atoms with van der Waals surface area (Å²) in [7, 11) is 0. The number of hydrogen-bond acceptors (Lipinski definition) is 5. The molecule has 0 aliphatic carbocycles. The Morgan fingerprint density at radius 1 is 1.04 bits per heavy atom. The molecule has 144 valence electrons. The lowest BCUT2D eigenvalue weighted by atomic mass is 10.4. The molecule has 0 fully saturated rings.